The number of para-hydroxylation sites is 1. The third-order valence-corrected chi connectivity index (χ3v) is 4.87. The average Bonchev–Trinajstić information content (AvgIpc) is 2.78. The molecule has 2 rings (SSSR count). The molecular formula is C13H14N2O3S2. The van der Waals surface area contributed by atoms with E-state index in [1.54, 1.807) is 13.8 Å². The fraction of sp³-hybridized carbons (Fsp3) is 0.308. The van der Waals surface area contributed by atoms with E-state index < -0.39 is 10.7 Å². The zero-order chi connectivity index (χ0) is 14.8. The maximum Gasteiger partial charge on any atom is 0.319 e. The van der Waals surface area contributed by atoms with Crippen LogP contribution in [0.5, 0.6) is 0 Å². The van der Waals surface area contributed by atoms with Gasteiger partial charge in [-0.1, -0.05) is 23.5 Å². The molecule has 0 saturated heterocycles. The van der Waals surface area contributed by atoms with Crippen LogP contribution in [0, 0.1) is 0 Å². The number of aromatic nitrogens is 1. The lowest BCUT2D eigenvalue weighted by Gasteiger charge is -2.17. The largest absolute Gasteiger partial charge is 0.480 e. The maximum atomic E-state index is 11.8. The van der Waals surface area contributed by atoms with Crippen LogP contribution in [0.4, 0.5) is 5.13 Å². The van der Waals surface area contributed by atoms with E-state index in [1.165, 1.54) is 11.3 Å². The number of nitrogens with zero attached hydrogens (tertiary/aromatic N) is 1. The fourth-order valence-corrected chi connectivity index (χ4v) is 2.96. The number of fused-ring (bicyclic) bond motifs is 1. The first kappa shape index (κ1) is 14.8. The summed E-state index contributed by atoms with van der Waals surface area (Å²) in [6.07, 6.45) is 0. The number of carboxylic acid groups (broad SMARTS) is 1. The minimum atomic E-state index is -0.981. The van der Waals surface area contributed by atoms with Crippen molar-refractivity contribution in [2.24, 2.45) is 0 Å². The lowest BCUT2D eigenvalue weighted by atomic mass is 10.2. The molecule has 0 aliphatic heterocycles. The molecule has 20 heavy (non-hydrogen) atoms. The Labute approximate surface area is 124 Å². The topological polar surface area (TPSA) is 79.3 Å². The Bertz CT molecular complexity index is 619. The highest BCUT2D eigenvalue weighted by atomic mass is 32.2. The van der Waals surface area contributed by atoms with Gasteiger partial charge in [-0.05, 0) is 26.0 Å². The van der Waals surface area contributed by atoms with E-state index in [1.807, 2.05) is 24.3 Å². The highest BCUT2D eigenvalue weighted by Gasteiger charge is 2.28. The molecule has 0 aliphatic rings. The SMILES string of the molecule is CC(C)(SCC(=O)Nc1nc2ccccc2s1)C(=O)O. The molecule has 0 unspecified atom stereocenters. The van der Waals surface area contributed by atoms with Crippen LogP contribution in [0.25, 0.3) is 10.2 Å². The molecule has 2 aromatic rings. The molecule has 5 nitrogen and oxygen atoms in total. The van der Waals surface area contributed by atoms with Crippen molar-refractivity contribution < 1.29 is 14.7 Å². The van der Waals surface area contributed by atoms with Crippen LogP contribution in [0.1, 0.15) is 13.8 Å². The number of rotatable bonds is 5. The standard InChI is InChI=1S/C13H14N2O3S2/c1-13(2,11(17)18)19-7-10(16)15-12-14-8-5-3-4-6-9(8)20-12/h3-6H,7H2,1-2H3,(H,17,18)(H,14,15,16). The van der Waals surface area contributed by atoms with Crippen LogP contribution in [0.3, 0.4) is 0 Å². The Kier molecular flexibility index (Phi) is 4.29. The number of nitrogens with one attached hydrogen (secondary N) is 1. The molecule has 0 aliphatic carbocycles. The van der Waals surface area contributed by atoms with Gasteiger partial charge in [0.05, 0.1) is 16.0 Å². The van der Waals surface area contributed by atoms with Crippen molar-refractivity contribution in [3.8, 4) is 0 Å². The van der Waals surface area contributed by atoms with Crippen LogP contribution in [0.15, 0.2) is 24.3 Å². The molecule has 1 amide bonds. The molecule has 2 N–H and O–H groups in total. The number of carbonyl (C=O) groups is 2. The third-order valence-electron chi connectivity index (χ3n) is 2.62. The molecule has 0 atom stereocenters. The molecule has 1 aromatic carbocycles. The zero-order valence-electron chi connectivity index (χ0n) is 11.0. The normalized spacial score (nSPS) is 11.5. The van der Waals surface area contributed by atoms with Crippen molar-refractivity contribution in [3.63, 3.8) is 0 Å². The molecule has 0 bridgehead atoms. The maximum absolute atomic E-state index is 11.8. The molecule has 0 spiro atoms. The van der Waals surface area contributed by atoms with E-state index in [0.29, 0.717) is 5.13 Å². The Balaban J connectivity index is 1.96. The van der Waals surface area contributed by atoms with Crippen LogP contribution in [-0.4, -0.2) is 32.5 Å². The van der Waals surface area contributed by atoms with Gasteiger partial charge in [-0.2, -0.15) is 0 Å². The van der Waals surface area contributed by atoms with Gasteiger partial charge in [-0.15, -0.1) is 11.8 Å². The van der Waals surface area contributed by atoms with Crippen LogP contribution in [0.2, 0.25) is 0 Å². The van der Waals surface area contributed by atoms with Crippen molar-refractivity contribution >= 4 is 50.3 Å². The lowest BCUT2D eigenvalue weighted by molar-refractivity contribution is -0.138. The Hall–Kier alpha value is -1.60. The number of thioether (sulfide) groups is 1. The van der Waals surface area contributed by atoms with E-state index in [0.717, 1.165) is 22.0 Å². The van der Waals surface area contributed by atoms with Gasteiger partial charge in [-0.3, -0.25) is 9.59 Å². The van der Waals surface area contributed by atoms with Crippen molar-refractivity contribution in [1.82, 2.24) is 4.98 Å². The summed E-state index contributed by atoms with van der Waals surface area (Å²) in [5.41, 5.74) is 0.839. The van der Waals surface area contributed by atoms with Gasteiger partial charge in [-0.25, -0.2) is 4.98 Å². The highest BCUT2D eigenvalue weighted by molar-refractivity contribution is 8.02. The van der Waals surface area contributed by atoms with Gasteiger partial charge in [0.15, 0.2) is 5.13 Å². The van der Waals surface area contributed by atoms with E-state index in [2.05, 4.69) is 10.3 Å². The van der Waals surface area contributed by atoms with Gasteiger partial charge in [0, 0.05) is 0 Å². The number of aliphatic carboxylic acids is 1. The van der Waals surface area contributed by atoms with Gasteiger partial charge >= 0.3 is 5.97 Å². The minimum Gasteiger partial charge on any atom is -0.480 e. The first-order valence-electron chi connectivity index (χ1n) is 5.91. The quantitative estimate of drug-likeness (QED) is 0.887. The number of thiazole rings is 1. The van der Waals surface area contributed by atoms with Crippen LogP contribution >= 0.6 is 23.1 Å². The Morgan fingerprint density at radius 3 is 2.75 bits per heavy atom. The summed E-state index contributed by atoms with van der Waals surface area (Å²) in [5.74, 6) is -1.10. The third kappa shape index (κ3) is 3.49. The van der Waals surface area contributed by atoms with Gasteiger partial charge in [0.25, 0.3) is 0 Å². The number of hydrogen-bond donors (Lipinski definition) is 2. The first-order valence-corrected chi connectivity index (χ1v) is 7.71. The van der Waals surface area contributed by atoms with Crippen molar-refractivity contribution in [1.29, 1.82) is 0 Å². The summed E-state index contributed by atoms with van der Waals surface area (Å²) in [7, 11) is 0. The monoisotopic (exact) mass is 310 g/mol. The average molecular weight is 310 g/mol. The van der Waals surface area contributed by atoms with Crippen molar-refractivity contribution in [3.05, 3.63) is 24.3 Å². The van der Waals surface area contributed by atoms with Gasteiger partial charge in [0.1, 0.15) is 4.75 Å². The van der Waals surface area contributed by atoms with E-state index in [4.69, 9.17) is 5.11 Å². The molecule has 106 valence electrons. The van der Waals surface area contributed by atoms with E-state index in [9.17, 15) is 9.59 Å². The summed E-state index contributed by atoms with van der Waals surface area (Å²) in [6.45, 7) is 3.15. The Morgan fingerprint density at radius 1 is 1.40 bits per heavy atom. The molecule has 0 fully saturated rings. The molecule has 1 heterocycles. The first-order chi connectivity index (χ1) is 9.38. The number of amides is 1. The number of carboxylic acids is 1. The summed E-state index contributed by atoms with van der Waals surface area (Å²) in [4.78, 5) is 27.0. The summed E-state index contributed by atoms with van der Waals surface area (Å²) in [5, 5.41) is 12.2. The van der Waals surface area contributed by atoms with Crippen molar-refractivity contribution in [2.45, 2.75) is 18.6 Å². The van der Waals surface area contributed by atoms with E-state index in [-0.39, 0.29) is 11.7 Å². The summed E-state index contributed by atoms with van der Waals surface area (Å²) >= 11 is 2.48. The second kappa shape index (κ2) is 5.80. The molecule has 1 aromatic heterocycles. The second-order valence-corrected chi connectivity index (χ2v) is 7.27. The molecule has 0 saturated carbocycles. The molecule has 7 heteroatoms. The van der Waals surface area contributed by atoms with Crippen LogP contribution < -0.4 is 5.32 Å². The number of hydrogen-bond acceptors (Lipinski definition) is 5. The highest BCUT2D eigenvalue weighted by Crippen LogP contribution is 2.27. The number of benzene rings is 1. The van der Waals surface area contributed by atoms with Gasteiger partial charge in [0.2, 0.25) is 5.91 Å². The van der Waals surface area contributed by atoms with Gasteiger partial charge < -0.3 is 10.4 Å². The smallest absolute Gasteiger partial charge is 0.319 e. The second-order valence-electron chi connectivity index (χ2n) is 4.64. The lowest BCUT2D eigenvalue weighted by Crippen LogP contribution is -2.29. The number of carbonyl (C=O) groups excluding carboxylic acids is 1. The number of anilines is 1. The minimum absolute atomic E-state index is 0.0786. The molecule has 0 radical (unpaired) electrons. The summed E-state index contributed by atoms with van der Waals surface area (Å²) in [6, 6.07) is 7.62. The Morgan fingerprint density at radius 2 is 2.10 bits per heavy atom. The predicted molar refractivity (Wildman–Crippen MR) is 82.4 cm³/mol. The summed E-state index contributed by atoms with van der Waals surface area (Å²) < 4.78 is 0.0200. The fourth-order valence-electron chi connectivity index (χ4n) is 1.39. The van der Waals surface area contributed by atoms with E-state index >= 15 is 0 Å². The van der Waals surface area contributed by atoms with Crippen LogP contribution in [-0.2, 0) is 9.59 Å². The molecular weight excluding hydrogens is 296 g/mol. The predicted octanol–water partition coefficient (Wildman–Crippen LogP) is 2.83. The van der Waals surface area contributed by atoms with Crippen molar-refractivity contribution in [2.75, 3.05) is 11.1 Å². The zero-order valence-corrected chi connectivity index (χ0v) is 12.7.